The van der Waals surface area contributed by atoms with E-state index in [2.05, 4.69) is 12.0 Å². The van der Waals surface area contributed by atoms with Gasteiger partial charge < -0.3 is 5.11 Å². The van der Waals surface area contributed by atoms with E-state index in [1.165, 1.54) is 26.0 Å². The third-order valence-electron chi connectivity index (χ3n) is 4.64. The summed E-state index contributed by atoms with van der Waals surface area (Å²) in [6.07, 6.45) is 5.52. The molecule has 0 bridgehead atoms. The molecule has 1 aliphatic rings. The minimum atomic E-state index is -0.607. The quantitative estimate of drug-likeness (QED) is 0.777. The Balaban J connectivity index is 2.35. The molecule has 0 saturated carbocycles. The zero-order valence-corrected chi connectivity index (χ0v) is 15.3. The van der Waals surface area contributed by atoms with E-state index in [1.54, 1.807) is 0 Å². The summed E-state index contributed by atoms with van der Waals surface area (Å²) in [6, 6.07) is -0.120. The minimum Gasteiger partial charge on any atom is -0.494 e. The maximum atomic E-state index is 12.4. The van der Waals surface area contributed by atoms with Crippen molar-refractivity contribution in [2.75, 3.05) is 0 Å². The Bertz CT molecular complexity index is 806. The largest absolute Gasteiger partial charge is 0.494 e. The molecular formula is C17H26N4O4. The van der Waals surface area contributed by atoms with E-state index in [-0.39, 0.29) is 17.5 Å². The first-order chi connectivity index (χ1) is 11.8. The van der Waals surface area contributed by atoms with Crippen LogP contribution in [-0.4, -0.2) is 36.9 Å². The predicted octanol–water partition coefficient (Wildman–Crippen LogP) is 1.08. The van der Waals surface area contributed by atoms with Gasteiger partial charge in [0.05, 0.1) is 11.8 Å². The maximum absolute atomic E-state index is 12.4. The lowest BCUT2D eigenvalue weighted by atomic mass is 10.0. The molecule has 0 fully saturated rings. The van der Waals surface area contributed by atoms with Gasteiger partial charge in [-0.05, 0) is 6.42 Å². The van der Waals surface area contributed by atoms with E-state index < -0.39 is 17.1 Å². The van der Waals surface area contributed by atoms with Crippen molar-refractivity contribution < 1.29 is 9.90 Å². The first-order valence-corrected chi connectivity index (χ1v) is 8.66. The Morgan fingerprint density at radius 1 is 1.20 bits per heavy atom. The third kappa shape index (κ3) is 3.67. The molecule has 0 aromatic carbocycles. The van der Waals surface area contributed by atoms with Gasteiger partial charge in [-0.15, -0.1) is 0 Å². The lowest BCUT2D eigenvalue weighted by Crippen LogP contribution is -2.40. The number of hydrogen-bond acceptors (Lipinski definition) is 5. The second kappa shape index (κ2) is 7.67. The number of aromatic nitrogens is 2. The minimum absolute atomic E-state index is 0.00749. The molecule has 0 spiro atoms. The van der Waals surface area contributed by atoms with Gasteiger partial charge in [-0.2, -0.15) is 5.10 Å². The third-order valence-corrected chi connectivity index (χ3v) is 4.64. The van der Waals surface area contributed by atoms with E-state index in [1.807, 2.05) is 0 Å². The standard InChI is InChI=1S/C17H26N4O4/c1-5-6-7-8-9-12-10-13(18-21(12)11(2)22)14-15(23)19(3)17(25)20(4)16(14)24/h12,23H,5-10H2,1-4H3. The Labute approximate surface area is 146 Å². The maximum Gasteiger partial charge on any atom is 0.333 e. The number of carbonyl (C=O) groups is 1. The van der Waals surface area contributed by atoms with Gasteiger partial charge >= 0.3 is 5.69 Å². The number of hydrogen-bond donors (Lipinski definition) is 1. The summed E-state index contributed by atoms with van der Waals surface area (Å²) in [5.74, 6) is -0.612. The van der Waals surface area contributed by atoms with Crippen LogP contribution in [0.5, 0.6) is 5.88 Å². The number of unbranched alkanes of at least 4 members (excludes halogenated alkanes) is 3. The van der Waals surface area contributed by atoms with Gasteiger partial charge in [0, 0.05) is 27.4 Å². The molecule has 1 aromatic heterocycles. The van der Waals surface area contributed by atoms with Crippen molar-refractivity contribution >= 4 is 11.6 Å². The first-order valence-electron chi connectivity index (χ1n) is 8.66. The molecule has 1 N–H and O–H groups in total. The monoisotopic (exact) mass is 350 g/mol. The molecule has 1 aliphatic heterocycles. The average molecular weight is 350 g/mol. The zero-order valence-electron chi connectivity index (χ0n) is 15.3. The van der Waals surface area contributed by atoms with Crippen molar-refractivity contribution in [1.29, 1.82) is 0 Å². The van der Waals surface area contributed by atoms with Gasteiger partial charge in [-0.1, -0.05) is 32.6 Å². The van der Waals surface area contributed by atoms with Crippen molar-refractivity contribution in [2.45, 2.75) is 58.4 Å². The van der Waals surface area contributed by atoms with Crippen LogP contribution in [0.1, 0.15) is 57.9 Å². The Morgan fingerprint density at radius 2 is 1.88 bits per heavy atom. The van der Waals surface area contributed by atoms with Crippen LogP contribution in [0.4, 0.5) is 0 Å². The van der Waals surface area contributed by atoms with E-state index in [4.69, 9.17) is 0 Å². The van der Waals surface area contributed by atoms with E-state index in [0.29, 0.717) is 12.1 Å². The zero-order chi connectivity index (χ0) is 18.7. The van der Waals surface area contributed by atoms with Crippen LogP contribution in [-0.2, 0) is 18.9 Å². The van der Waals surface area contributed by atoms with Crippen molar-refractivity contribution in [3.05, 3.63) is 26.4 Å². The molecule has 8 heteroatoms. The number of carbonyl (C=O) groups excluding carboxylic acids is 1. The summed E-state index contributed by atoms with van der Waals surface area (Å²) in [6.45, 7) is 3.57. The molecule has 1 unspecified atom stereocenters. The second-order valence-electron chi connectivity index (χ2n) is 6.52. The van der Waals surface area contributed by atoms with Gasteiger partial charge in [0.25, 0.3) is 5.56 Å². The molecule has 25 heavy (non-hydrogen) atoms. The fourth-order valence-corrected chi connectivity index (χ4v) is 3.16. The fraction of sp³-hybridized carbons (Fsp3) is 0.647. The van der Waals surface area contributed by atoms with Crippen LogP contribution in [0, 0.1) is 0 Å². The Morgan fingerprint density at radius 3 is 2.48 bits per heavy atom. The van der Waals surface area contributed by atoms with Crippen LogP contribution < -0.4 is 11.2 Å². The molecule has 0 saturated heterocycles. The summed E-state index contributed by atoms with van der Waals surface area (Å²) < 4.78 is 1.94. The highest BCUT2D eigenvalue weighted by Crippen LogP contribution is 2.26. The molecule has 1 atom stereocenters. The molecule has 1 aromatic rings. The SMILES string of the molecule is CCCCCCC1CC(c2c(O)n(C)c(=O)n(C)c2=O)=NN1C(C)=O. The van der Waals surface area contributed by atoms with E-state index >= 15 is 0 Å². The van der Waals surface area contributed by atoms with Gasteiger partial charge in [0.1, 0.15) is 5.56 Å². The van der Waals surface area contributed by atoms with Crippen molar-refractivity contribution in [2.24, 2.45) is 19.2 Å². The van der Waals surface area contributed by atoms with Crippen LogP contribution >= 0.6 is 0 Å². The Kier molecular flexibility index (Phi) is 5.81. The lowest BCUT2D eigenvalue weighted by Gasteiger charge is -2.19. The van der Waals surface area contributed by atoms with Gasteiger partial charge in [-0.3, -0.25) is 18.7 Å². The van der Waals surface area contributed by atoms with Gasteiger partial charge in [0.15, 0.2) is 0 Å². The van der Waals surface area contributed by atoms with Crippen LogP contribution in [0.2, 0.25) is 0 Å². The number of aromatic hydroxyl groups is 1. The molecule has 2 heterocycles. The van der Waals surface area contributed by atoms with Crippen molar-refractivity contribution in [3.8, 4) is 5.88 Å². The highest BCUT2D eigenvalue weighted by atomic mass is 16.3. The average Bonchev–Trinajstić information content (AvgIpc) is 2.99. The van der Waals surface area contributed by atoms with Crippen molar-refractivity contribution in [1.82, 2.24) is 14.1 Å². The smallest absolute Gasteiger partial charge is 0.333 e. The highest BCUT2D eigenvalue weighted by molar-refractivity contribution is 6.04. The number of nitrogens with zero attached hydrogens (tertiary/aromatic N) is 4. The molecule has 0 aliphatic carbocycles. The summed E-state index contributed by atoms with van der Waals surface area (Å²) in [7, 11) is 2.75. The molecule has 2 rings (SSSR count). The number of hydrazone groups is 1. The summed E-state index contributed by atoms with van der Waals surface area (Å²) in [5.41, 5.74) is -0.866. The van der Waals surface area contributed by atoms with Gasteiger partial charge in [-0.25, -0.2) is 9.80 Å². The second-order valence-corrected chi connectivity index (χ2v) is 6.52. The van der Waals surface area contributed by atoms with Crippen LogP contribution in [0.3, 0.4) is 0 Å². The summed E-state index contributed by atoms with van der Waals surface area (Å²) in [5, 5.41) is 15.9. The summed E-state index contributed by atoms with van der Waals surface area (Å²) >= 11 is 0. The summed E-state index contributed by atoms with van der Waals surface area (Å²) in [4.78, 5) is 36.2. The van der Waals surface area contributed by atoms with Crippen LogP contribution in [0.15, 0.2) is 14.7 Å². The Hall–Kier alpha value is -2.38. The number of rotatable bonds is 6. The topological polar surface area (TPSA) is 96.9 Å². The normalized spacial score (nSPS) is 17.0. The molecule has 1 amide bonds. The molecule has 138 valence electrons. The molecule has 8 nitrogen and oxygen atoms in total. The lowest BCUT2D eigenvalue weighted by molar-refractivity contribution is -0.130. The van der Waals surface area contributed by atoms with E-state index in [9.17, 15) is 19.5 Å². The van der Waals surface area contributed by atoms with Gasteiger partial charge in [0.2, 0.25) is 11.8 Å². The molecular weight excluding hydrogens is 324 g/mol. The number of amides is 1. The van der Waals surface area contributed by atoms with Crippen molar-refractivity contribution in [3.63, 3.8) is 0 Å². The van der Waals surface area contributed by atoms with E-state index in [0.717, 1.165) is 41.2 Å². The first kappa shape index (κ1) is 19.0. The molecule has 0 radical (unpaired) electrons. The van der Waals surface area contributed by atoms with Crippen LogP contribution in [0.25, 0.3) is 0 Å². The predicted molar refractivity (Wildman–Crippen MR) is 94.8 cm³/mol. The fourth-order valence-electron chi connectivity index (χ4n) is 3.16. The highest BCUT2D eigenvalue weighted by Gasteiger charge is 2.33.